The standard InChI is InChI=1S/2C33H42FN5O.2C2HF3O2/c2*1-25-22-38(15-13-36-25)23-27-6-3-8-29(18-27)31-20-26(10-11-32(31)34)21-37-33(40)30-9-4-7-28(19-30)24-39(2)16-5-12-35-14-17-39;2*3-2(4,5)1(6)7/h2*3-4,6-11,18-20,25,35-36H,5,12-17,21-24H2,1-2H3;2*(H,6,7)/t2*25-,39?;;/m00../s1. The lowest BCUT2D eigenvalue weighted by molar-refractivity contribution is -0.920. The number of aliphatic carboxylic acids is 2. The van der Waals surface area contributed by atoms with Crippen molar-refractivity contribution in [1.29, 1.82) is 0 Å². The highest BCUT2D eigenvalue weighted by atomic mass is 19.4. The van der Waals surface area contributed by atoms with Crippen LogP contribution in [0.1, 0.15) is 80.8 Å². The molecule has 0 bridgehead atoms. The highest BCUT2D eigenvalue weighted by Crippen LogP contribution is 2.28. The van der Waals surface area contributed by atoms with Crippen LogP contribution in [0.4, 0.5) is 35.1 Å². The van der Waals surface area contributed by atoms with E-state index in [9.17, 15) is 44.7 Å². The van der Waals surface area contributed by atoms with Gasteiger partial charge in [-0.3, -0.25) is 19.4 Å². The van der Waals surface area contributed by atoms with E-state index in [2.05, 4.69) is 106 Å². The summed E-state index contributed by atoms with van der Waals surface area (Å²) in [6.45, 7) is 23.3. The third-order valence-electron chi connectivity index (χ3n) is 16.9. The zero-order valence-corrected chi connectivity index (χ0v) is 53.7. The summed E-state index contributed by atoms with van der Waals surface area (Å²) >= 11 is 0. The fourth-order valence-electron chi connectivity index (χ4n) is 12.0. The number of carboxylic acid groups (broad SMARTS) is 2. The molecule has 508 valence electrons. The van der Waals surface area contributed by atoms with E-state index >= 15 is 0 Å². The van der Waals surface area contributed by atoms with Crippen LogP contribution in [0.3, 0.4) is 0 Å². The highest BCUT2D eigenvalue weighted by molar-refractivity contribution is 5.95. The maximum Gasteiger partial charge on any atom is 0.430 e. The maximum absolute atomic E-state index is 14.9. The van der Waals surface area contributed by atoms with Crippen LogP contribution in [0.15, 0.2) is 133 Å². The molecule has 0 aromatic heterocycles. The van der Waals surface area contributed by atoms with Crippen LogP contribution in [-0.4, -0.2) is 173 Å². The second-order valence-electron chi connectivity index (χ2n) is 25.2. The molecule has 4 aliphatic heterocycles. The van der Waals surface area contributed by atoms with E-state index in [0.29, 0.717) is 47.4 Å². The van der Waals surface area contributed by atoms with Crippen LogP contribution in [-0.2, 0) is 48.9 Å². The van der Waals surface area contributed by atoms with Crippen molar-refractivity contribution in [2.45, 2.75) is 90.4 Å². The van der Waals surface area contributed by atoms with E-state index in [1.165, 1.54) is 34.4 Å². The van der Waals surface area contributed by atoms with Crippen LogP contribution >= 0.6 is 0 Å². The number of carbonyl (C=O) groups excluding carboxylic acids is 4. The molecule has 6 aromatic rings. The number of amides is 2. The van der Waals surface area contributed by atoms with Gasteiger partial charge >= 0.3 is 12.4 Å². The Balaban J connectivity index is 0.000000221. The molecule has 94 heavy (non-hydrogen) atoms. The van der Waals surface area contributed by atoms with Crippen LogP contribution in [0, 0.1) is 11.6 Å². The lowest BCUT2D eigenvalue weighted by Gasteiger charge is -2.33. The van der Waals surface area contributed by atoms with Gasteiger partial charge in [-0.1, -0.05) is 72.8 Å². The quantitative estimate of drug-likeness (QED) is 0.0434. The topological polar surface area (TPSA) is 193 Å². The molecule has 2 unspecified atom stereocenters. The first-order valence-corrected chi connectivity index (χ1v) is 31.7. The van der Waals surface area contributed by atoms with E-state index < -0.39 is 24.3 Å². The van der Waals surface area contributed by atoms with E-state index in [0.717, 1.165) is 162 Å². The molecule has 2 amide bonds. The van der Waals surface area contributed by atoms with Gasteiger partial charge in [-0.15, -0.1) is 0 Å². The largest absolute Gasteiger partial charge is 0.542 e. The van der Waals surface area contributed by atoms with Crippen LogP contribution in [0.2, 0.25) is 0 Å². The summed E-state index contributed by atoms with van der Waals surface area (Å²) in [6.07, 6.45) is -8.06. The van der Waals surface area contributed by atoms with Crippen molar-refractivity contribution >= 4 is 23.8 Å². The molecule has 0 radical (unpaired) electrons. The van der Waals surface area contributed by atoms with Crippen molar-refractivity contribution in [3.8, 4) is 22.3 Å². The number of hydrogen-bond acceptors (Lipinski definition) is 12. The number of benzene rings is 6. The molecule has 4 atom stereocenters. The number of likely N-dealkylation sites (N-methyl/N-ethyl adjacent to an activating group) is 2. The van der Waals surface area contributed by atoms with Gasteiger partial charge < -0.3 is 60.7 Å². The Morgan fingerprint density at radius 2 is 0.862 bits per heavy atom. The van der Waals surface area contributed by atoms with E-state index in [4.69, 9.17) is 19.8 Å². The summed E-state index contributed by atoms with van der Waals surface area (Å²) in [6, 6.07) is 43.4. The van der Waals surface area contributed by atoms with Gasteiger partial charge in [-0.25, -0.2) is 8.78 Å². The van der Waals surface area contributed by atoms with E-state index in [1.807, 2.05) is 72.8 Å². The highest BCUT2D eigenvalue weighted by Gasteiger charge is 2.30. The van der Waals surface area contributed by atoms with Crippen molar-refractivity contribution in [3.05, 3.63) is 190 Å². The Morgan fingerprint density at radius 3 is 1.23 bits per heavy atom. The minimum atomic E-state index is -5.19. The van der Waals surface area contributed by atoms with Gasteiger partial charge in [-0.05, 0) is 108 Å². The molecule has 4 saturated heterocycles. The minimum Gasteiger partial charge on any atom is -0.542 e. The molecule has 0 spiro atoms. The van der Waals surface area contributed by atoms with E-state index in [1.54, 1.807) is 12.1 Å². The number of nitrogens with zero attached hydrogens (tertiary/aromatic N) is 4. The molecular formula is C70H86F8N10O6. The van der Waals surface area contributed by atoms with Crippen molar-refractivity contribution in [2.24, 2.45) is 0 Å². The average Bonchev–Trinajstić information content (AvgIpc) is 0.905. The lowest BCUT2D eigenvalue weighted by Crippen LogP contribution is -2.48. The molecule has 4 fully saturated rings. The summed E-state index contributed by atoms with van der Waals surface area (Å²) in [5.41, 5.74) is 10.6. The number of quaternary nitrogens is 2. The molecule has 6 aromatic carbocycles. The first kappa shape index (κ1) is 73.7. The minimum absolute atomic E-state index is 0.111. The monoisotopic (exact) mass is 1310 g/mol. The van der Waals surface area contributed by atoms with Gasteiger partial charge in [0.25, 0.3) is 11.8 Å². The van der Waals surface area contributed by atoms with Crippen molar-refractivity contribution in [3.63, 3.8) is 0 Å². The normalized spacial score (nSPS) is 20.4. The van der Waals surface area contributed by atoms with Crippen LogP contribution in [0.25, 0.3) is 22.3 Å². The Hall–Kier alpha value is -7.68. The number of halogens is 8. The summed E-state index contributed by atoms with van der Waals surface area (Å²) < 4.78 is 94.9. The molecule has 16 nitrogen and oxygen atoms in total. The molecule has 0 saturated carbocycles. The number of hydrogen-bond donors (Lipinski definition) is 6. The van der Waals surface area contributed by atoms with Crippen molar-refractivity contribution < 1.29 is 73.5 Å². The van der Waals surface area contributed by atoms with Gasteiger partial charge in [0.15, 0.2) is 0 Å². The number of piperazine rings is 2. The second-order valence-corrected chi connectivity index (χ2v) is 25.2. The van der Waals surface area contributed by atoms with Gasteiger partial charge in [0.1, 0.15) is 36.7 Å². The predicted molar refractivity (Wildman–Crippen MR) is 341 cm³/mol. The predicted octanol–water partition coefficient (Wildman–Crippen LogP) is 6.91. The molecule has 4 heterocycles. The maximum atomic E-state index is 14.9. The number of nitrogens with one attached hydrogen (secondary N) is 6. The summed E-state index contributed by atoms with van der Waals surface area (Å²) in [7, 11) is 4.60. The van der Waals surface area contributed by atoms with Gasteiger partial charge in [0.05, 0.1) is 40.3 Å². The third kappa shape index (κ3) is 24.0. The van der Waals surface area contributed by atoms with Crippen molar-refractivity contribution in [2.75, 3.05) is 106 Å². The summed E-state index contributed by atoms with van der Waals surface area (Å²) in [4.78, 5) is 48.6. The van der Waals surface area contributed by atoms with Gasteiger partial charge in [0, 0.05) is 150 Å². The zero-order chi connectivity index (χ0) is 68.1. The molecule has 0 aliphatic carbocycles. The molecule has 24 heteroatoms. The number of alkyl halides is 6. The third-order valence-corrected chi connectivity index (χ3v) is 16.9. The summed E-state index contributed by atoms with van der Waals surface area (Å²) in [5.74, 6) is -6.74. The van der Waals surface area contributed by atoms with E-state index in [-0.39, 0.29) is 23.4 Å². The molecule has 6 N–H and O–H groups in total. The molecule has 10 rings (SSSR count). The average molecular weight is 1320 g/mol. The van der Waals surface area contributed by atoms with Crippen LogP contribution < -0.4 is 42.1 Å². The first-order chi connectivity index (χ1) is 44.6. The fourth-order valence-corrected chi connectivity index (χ4v) is 12.0. The lowest BCUT2D eigenvalue weighted by atomic mass is 10.00. The Morgan fingerprint density at radius 1 is 0.489 bits per heavy atom. The van der Waals surface area contributed by atoms with Gasteiger partial charge in [-0.2, -0.15) is 26.3 Å². The SMILES string of the molecule is C[C@H]1CN(Cc2cccc(-c3cc(CNC(=O)c4cccc(C[N+]5(C)CCCNCC5)c4)ccc3F)c2)CCN1.C[C@H]1CN(Cc2cccc(-c3cc(CNC(=O)c4cccc(C[N+]5(C)CCCNCC5)c4)ccc3F)c2)CCN1.O=C([O-])C(F)(F)F.O=C([O-])C(F)(F)F. The Kier molecular flexibility index (Phi) is 27.2. The number of carbonyl (C=O) groups is 4. The number of rotatable bonds is 16. The summed E-state index contributed by atoms with van der Waals surface area (Å²) in [5, 5.41) is 37.6. The second kappa shape index (κ2) is 34.6. The van der Waals surface area contributed by atoms with Crippen LogP contribution in [0.5, 0.6) is 0 Å². The molecular weight excluding hydrogens is 1230 g/mol. The van der Waals surface area contributed by atoms with Crippen molar-refractivity contribution in [1.82, 2.24) is 41.7 Å². The Labute approximate surface area is 544 Å². The Bertz CT molecular complexity index is 3240. The molecule has 4 aliphatic rings. The fraction of sp³-hybridized carbons (Fsp3) is 0.429. The first-order valence-electron chi connectivity index (χ1n) is 31.7. The smallest absolute Gasteiger partial charge is 0.430 e. The number of carboxylic acids is 2. The zero-order valence-electron chi connectivity index (χ0n) is 53.7. The van der Waals surface area contributed by atoms with Gasteiger partial charge in [0.2, 0.25) is 0 Å².